The summed E-state index contributed by atoms with van der Waals surface area (Å²) in [6, 6.07) is 4.27. The average molecular weight is 347 g/mol. The van der Waals surface area contributed by atoms with Crippen molar-refractivity contribution in [1.29, 1.82) is 0 Å². The highest BCUT2D eigenvalue weighted by Gasteiger charge is 2.18. The monoisotopic (exact) mass is 345 g/mol. The average Bonchev–Trinajstić information content (AvgIpc) is 2.59. The summed E-state index contributed by atoms with van der Waals surface area (Å²) in [7, 11) is 1.80. The fraction of sp³-hybridized carbons (Fsp3) is 0.308. The zero-order valence-electron chi connectivity index (χ0n) is 10.6. The van der Waals surface area contributed by atoms with Crippen molar-refractivity contribution in [2.24, 2.45) is 12.8 Å². The summed E-state index contributed by atoms with van der Waals surface area (Å²) >= 11 is 9.49. The Kier molecular flexibility index (Phi) is 4.28. The van der Waals surface area contributed by atoms with E-state index >= 15 is 0 Å². The quantitative estimate of drug-likeness (QED) is 0.924. The van der Waals surface area contributed by atoms with Crippen LogP contribution in [0.4, 0.5) is 4.39 Å². The summed E-state index contributed by atoms with van der Waals surface area (Å²) in [6.45, 7) is 1.83. The maximum Gasteiger partial charge on any atom is 0.128 e. The number of hydrogen-bond acceptors (Lipinski definition) is 2. The highest BCUT2D eigenvalue weighted by atomic mass is 79.9. The van der Waals surface area contributed by atoms with Crippen LogP contribution in [-0.4, -0.2) is 9.78 Å². The first-order valence-corrected chi connectivity index (χ1v) is 6.95. The van der Waals surface area contributed by atoms with E-state index in [1.165, 1.54) is 6.07 Å². The molecule has 2 aromatic rings. The number of nitrogens with two attached hydrogens (primary N) is 1. The van der Waals surface area contributed by atoms with Crippen LogP contribution in [0.5, 0.6) is 0 Å². The molecular weight excluding hydrogens is 333 g/mol. The lowest BCUT2D eigenvalue weighted by Crippen LogP contribution is -2.17. The molecule has 1 unspecified atom stereocenters. The van der Waals surface area contributed by atoms with Crippen molar-refractivity contribution < 1.29 is 4.39 Å². The molecule has 0 radical (unpaired) electrons. The number of benzene rings is 1. The Balaban J connectivity index is 2.30. The largest absolute Gasteiger partial charge is 0.324 e. The molecule has 2 rings (SSSR count). The van der Waals surface area contributed by atoms with Crippen LogP contribution in [-0.2, 0) is 13.5 Å². The van der Waals surface area contributed by atoms with E-state index in [2.05, 4.69) is 21.0 Å². The van der Waals surface area contributed by atoms with Gasteiger partial charge < -0.3 is 5.73 Å². The lowest BCUT2D eigenvalue weighted by Gasteiger charge is -2.14. The van der Waals surface area contributed by atoms with Gasteiger partial charge in [0.2, 0.25) is 0 Å². The first-order chi connectivity index (χ1) is 8.90. The SMILES string of the molecule is Cc1nn(C)c(CC(N)c2cc(Br)ccc2F)c1Cl. The molecule has 1 aromatic carbocycles. The molecule has 1 heterocycles. The van der Waals surface area contributed by atoms with Gasteiger partial charge in [-0.1, -0.05) is 27.5 Å². The molecule has 0 bridgehead atoms. The van der Waals surface area contributed by atoms with Gasteiger partial charge in [0.25, 0.3) is 0 Å². The Morgan fingerprint density at radius 3 is 2.79 bits per heavy atom. The second-order valence-electron chi connectivity index (χ2n) is 4.45. The molecular formula is C13H14BrClFN3. The Morgan fingerprint density at radius 1 is 1.53 bits per heavy atom. The molecule has 1 atom stereocenters. The van der Waals surface area contributed by atoms with Crippen molar-refractivity contribution in [1.82, 2.24) is 9.78 Å². The van der Waals surface area contributed by atoms with E-state index in [4.69, 9.17) is 17.3 Å². The minimum atomic E-state index is -0.468. The van der Waals surface area contributed by atoms with Gasteiger partial charge in [0.05, 0.1) is 16.4 Å². The molecule has 2 N–H and O–H groups in total. The third-order valence-electron chi connectivity index (χ3n) is 3.03. The normalized spacial score (nSPS) is 12.7. The van der Waals surface area contributed by atoms with Crippen LogP contribution in [0.1, 0.15) is 23.0 Å². The van der Waals surface area contributed by atoms with E-state index in [-0.39, 0.29) is 5.82 Å². The van der Waals surface area contributed by atoms with Gasteiger partial charge in [-0.15, -0.1) is 0 Å². The third kappa shape index (κ3) is 2.99. The summed E-state index contributed by atoms with van der Waals surface area (Å²) in [5.74, 6) is -0.314. The Hall–Kier alpha value is -0.910. The van der Waals surface area contributed by atoms with Gasteiger partial charge >= 0.3 is 0 Å². The lowest BCUT2D eigenvalue weighted by atomic mass is 10.0. The van der Waals surface area contributed by atoms with Gasteiger partial charge in [-0.25, -0.2) is 4.39 Å². The topological polar surface area (TPSA) is 43.8 Å². The van der Waals surface area contributed by atoms with E-state index in [0.29, 0.717) is 17.0 Å². The molecule has 0 amide bonds. The van der Waals surface area contributed by atoms with Gasteiger partial charge in [0.1, 0.15) is 5.82 Å². The summed E-state index contributed by atoms with van der Waals surface area (Å²) in [6.07, 6.45) is 0.434. The summed E-state index contributed by atoms with van der Waals surface area (Å²) in [4.78, 5) is 0. The van der Waals surface area contributed by atoms with Crippen molar-refractivity contribution >= 4 is 27.5 Å². The van der Waals surface area contributed by atoms with Crippen LogP contribution < -0.4 is 5.73 Å². The predicted octanol–water partition coefficient (Wildman–Crippen LogP) is 3.53. The van der Waals surface area contributed by atoms with E-state index < -0.39 is 6.04 Å². The molecule has 19 heavy (non-hydrogen) atoms. The molecule has 0 aliphatic carbocycles. The van der Waals surface area contributed by atoms with E-state index in [0.717, 1.165) is 15.9 Å². The summed E-state index contributed by atoms with van der Waals surface area (Å²) in [5, 5.41) is 4.81. The van der Waals surface area contributed by atoms with Crippen LogP contribution in [0.3, 0.4) is 0 Å². The van der Waals surface area contributed by atoms with Crippen molar-refractivity contribution in [3.63, 3.8) is 0 Å². The highest BCUT2D eigenvalue weighted by Crippen LogP contribution is 2.27. The van der Waals surface area contributed by atoms with Crippen molar-refractivity contribution in [3.05, 3.63) is 50.5 Å². The third-order valence-corrected chi connectivity index (χ3v) is 4.02. The van der Waals surface area contributed by atoms with Crippen LogP contribution in [0, 0.1) is 12.7 Å². The molecule has 3 nitrogen and oxygen atoms in total. The molecule has 0 spiro atoms. The van der Waals surface area contributed by atoms with Crippen molar-refractivity contribution in [2.45, 2.75) is 19.4 Å². The van der Waals surface area contributed by atoms with Crippen LogP contribution in [0.15, 0.2) is 22.7 Å². The number of aromatic nitrogens is 2. The second-order valence-corrected chi connectivity index (χ2v) is 5.74. The van der Waals surface area contributed by atoms with Crippen LogP contribution in [0.25, 0.3) is 0 Å². The summed E-state index contributed by atoms with van der Waals surface area (Å²) in [5.41, 5.74) is 8.11. The molecule has 1 aromatic heterocycles. The minimum Gasteiger partial charge on any atom is -0.324 e. The van der Waals surface area contributed by atoms with Gasteiger partial charge in [-0.2, -0.15) is 5.10 Å². The van der Waals surface area contributed by atoms with Crippen molar-refractivity contribution in [2.75, 3.05) is 0 Å². The van der Waals surface area contributed by atoms with Crippen LogP contribution in [0.2, 0.25) is 5.02 Å². The Labute approximate surface area is 124 Å². The Bertz CT molecular complexity index is 612. The second kappa shape index (κ2) is 5.61. The zero-order chi connectivity index (χ0) is 14.2. The molecule has 0 fully saturated rings. The molecule has 0 aliphatic heterocycles. The number of nitrogens with zero attached hydrogens (tertiary/aromatic N) is 2. The summed E-state index contributed by atoms with van der Waals surface area (Å²) < 4.78 is 16.3. The standard InChI is InChI=1S/C13H14BrClFN3/c1-7-13(15)12(19(2)18-7)6-11(17)9-5-8(14)3-4-10(9)16/h3-5,11H,6,17H2,1-2H3. The van der Waals surface area contributed by atoms with Crippen molar-refractivity contribution in [3.8, 4) is 0 Å². The highest BCUT2D eigenvalue weighted by molar-refractivity contribution is 9.10. The van der Waals surface area contributed by atoms with E-state index in [1.54, 1.807) is 23.9 Å². The first-order valence-electron chi connectivity index (χ1n) is 5.78. The van der Waals surface area contributed by atoms with E-state index in [1.807, 2.05) is 6.92 Å². The lowest BCUT2D eigenvalue weighted by molar-refractivity contribution is 0.568. The van der Waals surface area contributed by atoms with Gasteiger partial charge in [-0.05, 0) is 25.1 Å². The first kappa shape index (κ1) is 14.5. The number of halogens is 3. The molecule has 0 aliphatic rings. The van der Waals surface area contributed by atoms with E-state index in [9.17, 15) is 4.39 Å². The van der Waals surface area contributed by atoms with Gasteiger partial charge in [-0.3, -0.25) is 4.68 Å². The minimum absolute atomic E-state index is 0.314. The fourth-order valence-electron chi connectivity index (χ4n) is 2.02. The Morgan fingerprint density at radius 2 is 2.21 bits per heavy atom. The van der Waals surface area contributed by atoms with Gasteiger partial charge in [0, 0.05) is 29.5 Å². The van der Waals surface area contributed by atoms with Crippen LogP contribution >= 0.6 is 27.5 Å². The molecule has 0 saturated heterocycles. The number of aryl methyl sites for hydroxylation is 2. The number of hydrogen-bond donors (Lipinski definition) is 1. The number of rotatable bonds is 3. The zero-order valence-corrected chi connectivity index (χ0v) is 13.0. The van der Waals surface area contributed by atoms with Gasteiger partial charge in [0.15, 0.2) is 0 Å². The smallest absolute Gasteiger partial charge is 0.128 e. The molecule has 6 heteroatoms. The predicted molar refractivity (Wildman–Crippen MR) is 77.7 cm³/mol. The molecule has 0 saturated carbocycles. The maximum atomic E-state index is 13.8. The fourth-order valence-corrected chi connectivity index (χ4v) is 2.63. The maximum absolute atomic E-state index is 13.8. The molecule has 102 valence electrons.